The van der Waals surface area contributed by atoms with Crippen LogP contribution in [0.15, 0.2) is 46.6 Å². The van der Waals surface area contributed by atoms with E-state index in [9.17, 15) is 14.7 Å². The molecule has 0 unspecified atom stereocenters. The molecule has 8 atom stereocenters. The Hall–Kier alpha value is -2.36. The van der Waals surface area contributed by atoms with Gasteiger partial charge in [0.1, 0.15) is 5.83 Å². The van der Waals surface area contributed by atoms with Gasteiger partial charge in [-0.3, -0.25) is 9.63 Å². The van der Waals surface area contributed by atoms with Gasteiger partial charge in [-0.05, 0) is 49.8 Å². The molecule has 0 bridgehead atoms. The molecule has 6 rings (SSSR count). The highest BCUT2D eigenvalue weighted by Crippen LogP contribution is 2.72. The first-order valence-corrected chi connectivity index (χ1v) is 14.1. The van der Waals surface area contributed by atoms with Gasteiger partial charge in [0, 0.05) is 47.6 Å². The highest BCUT2D eigenvalue weighted by atomic mass is 19.1. The normalized spacial score (nSPS) is 43.2. The Labute approximate surface area is 227 Å². The molecule has 1 aromatic rings. The number of aliphatic hydroxyl groups excluding tert-OH is 1. The van der Waals surface area contributed by atoms with Crippen LogP contribution in [0.5, 0.6) is 0 Å². The minimum Gasteiger partial charge on any atom is -0.472 e. The lowest BCUT2D eigenvalue weighted by Gasteiger charge is -2.62. The van der Waals surface area contributed by atoms with Gasteiger partial charge in [-0.2, -0.15) is 5.06 Å². The number of unbranched alkanes of at least 4 members (excludes halogenated alkanes) is 1. The molecule has 4 aliphatic carbocycles. The van der Waals surface area contributed by atoms with E-state index in [0.29, 0.717) is 25.9 Å². The molecule has 0 aromatic carbocycles. The van der Waals surface area contributed by atoms with Crippen LogP contribution in [-0.2, 0) is 25.7 Å². The third-order valence-corrected chi connectivity index (χ3v) is 10.7. The number of furan rings is 1. The standard InChI is InChI=1S/C30H37F2NO6/c1-4-5-9-38-26(36)30-19(16-33(39-30)15-18-7-10-37-17-18)11-21-22-13-24(31)23-12-20(34)6-8-27(23,2)29(22,32)25(35)14-28(21,30)3/h6-8,10,17,19,21-22,25,35H,4-5,9,11-16H2,1-3H3/t19-,21-,22-,25-,27-,28-,29-,30-/m0/s1. The third kappa shape index (κ3) is 3.48. The topological polar surface area (TPSA) is 89.2 Å². The van der Waals surface area contributed by atoms with E-state index in [-0.39, 0.29) is 43.1 Å². The number of esters is 1. The van der Waals surface area contributed by atoms with Crippen molar-refractivity contribution in [1.82, 2.24) is 5.06 Å². The number of alkyl halides is 1. The van der Waals surface area contributed by atoms with E-state index in [1.165, 1.54) is 12.2 Å². The molecule has 0 amide bonds. The molecule has 0 radical (unpaired) electrons. The van der Waals surface area contributed by atoms with Crippen molar-refractivity contribution in [3.8, 4) is 0 Å². The van der Waals surface area contributed by atoms with Gasteiger partial charge in [0.05, 0.1) is 31.8 Å². The van der Waals surface area contributed by atoms with Crippen LogP contribution in [0.2, 0.25) is 0 Å². The Kier molecular flexibility index (Phi) is 6.25. The maximum absolute atomic E-state index is 17.5. The van der Waals surface area contributed by atoms with Crippen LogP contribution in [0, 0.1) is 28.6 Å². The van der Waals surface area contributed by atoms with Gasteiger partial charge < -0.3 is 14.3 Å². The summed E-state index contributed by atoms with van der Waals surface area (Å²) in [6.07, 6.45) is 5.99. The summed E-state index contributed by atoms with van der Waals surface area (Å²) in [7, 11) is 0. The van der Waals surface area contributed by atoms with Crippen molar-refractivity contribution in [1.29, 1.82) is 0 Å². The van der Waals surface area contributed by atoms with Crippen molar-refractivity contribution < 1.29 is 37.5 Å². The largest absolute Gasteiger partial charge is 0.472 e. The van der Waals surface area contributed by atoms with Gasteiger partial charge in [0.25, 0.3) is 0 Å². The number of ether oxygens (including phenoxy) is 1. The summed E-state index contributed by atoms with van der Waals surface area (Å²) >= 11 is 0. The maximum atomic E-state index is 17.5. The molecule has 0 spiro atoms. The molecule has 7 nitrogen and oxygen atoms in total. The number of rotatable bonds is 6. The van der Waals surface area contributed by atoms with E-state index in [1.807, 2.05) is 19.9 Å². The minimum atomic E-state index is -2.19. The predicted octanol–water partition coefficient (Wildman–Crippen LogP) is 5.00. The van der Waals surface area contributed by atoms with Crippen LogP contribution < -0.4 is 0 Å². The second kappa shape index (κ2) is 9.08. The summed E-state index contributed by atoms with van der Waals surface area (Å²) in [6, 6.07) is 1.83. The molecule has 1 aromatic heterocycles. The van der Waals surface area contributed by atoms with E-state index in [1.54, 1.807) is 24.5 Å². The van der Waals surface area contributed by atoms with Gasteiger partial charge in [0.2, 0.25) is 0 Å². The lowest BCUT2D eigenvalue weighted by Crippen LogP contribution is -2.69. The smallest absolute Gasteiger partial charge is 0.341 e. The maximum Gasteiger partial charge on any atom is 0.341 e. The SMILES string of the molecule is CCCCOC(=O)[C@@]12ON(Cc3ccoc3)C[C@@H]1C[C@H]1[C@@H]3CC(F)=C4CC(=O)C=C[C@]4(C)[C@@]3(F)[C@@H](O)C[C@@]12C. The average molecular weight is 546 g/mol. The number of aliphatic hydroxyl groups is 1. The summed E-state index contributed by atoms with van der Waals surface area (Å²) in [6.45, 7) is 6.53. The number of hydrogen-bond donors (Lipinski definition) is 1. The number of halogens is 2. The molecule has 5 aliphatic rings. The quantitative estimate of drug-likeness (QED) is 0.397. The summed E-state index contributed by atoms with van der Waals surface area (Å²) in [5.41, 5.74) is -5.07. The van der Waals surface area contributed by atoms with E-state index >= 15 is 8.78 Å². The molecular weight excluding hydrogens is 508 g/mol. The fraction of sp³-hybridized carbons (Fsp3) is 0.667. The molecule has 1 aliphatic heterocycles. The van der Waals surface area contributed by atoms with E-state index in [4.69, 9.17) is 14.0 Å². The zero-order chi connectivity index (χ0) is 27.8. The van der Waals surface area contributed by atoms with Gasteiger partial charge >= 0.3 is 5.97 Å². The van der Waals surface area contributed by atoms with E-state index < -0.39 is 51.8 Å². The van der Waals surface area contributed by atoms with Crippen molar-refractivity contribution in [3.63, 3.8) is 0 Å². The number of ketones is 1. The lowest BCUT2D eigenvalue weighted by atomic mass is 9.45. The molecule has 3 fully saturated rings. The fourth-order valence-corrected chi connectivity index (χ4v) is 8.73. The number of fused-ring (bicyclic) bond motifs is 7. The fourth-order valence-electron chi connectivity index (χ4n) is 8.73. The number of hydrogen-bond acceptors (Lipinski definition) is 7. The monoisotopic (exact) mass is 545 g/mol. The minimum absolute atomic E-state index is 0.0458. The Morgan fingerprint density at radius 1 is 1.31 bits per heavy atom. The summed E-state index contributed by atoms with van der Waals surface area (Å²) in [5.74, 6) is -2.92. The third-order valence-electron chi connectivity index (χ3n) is 10.7. The second-order valence-electron chi connectivity index (χ2n) is 12.6. The Bertz CT molecular complexity index is 1230. The van der Waals surface area contributed by atoms with Crippen molar-refractivity contribution in [2.75, 3.05) is 13.2 Å². The van der Waals surface area contributed by atoms with Crippen LogP contribution in [0.4, 0.5) is 8.78 Å². The number of carbonyl (C=O) groups is 2. The first-order valence-electron chi connectivity index (χ1n) is 14.1. The van der Waals surface area contributed by atoms with E-state index in [0.717, 1.165) is 12.0 Å². The summed E-state index contributed by atoms with van der Waals surface area (Å²) in [4.78, 5) is 32.7. The highest BCUT2D eigenvalue weighted by molar-refractivity contribution is 5.93. The van der Waals surface area contributed by atoms with E-state index in [2.05, 4.69) is 0 Å². The number of carbonyl (C=O) groups excluding carboxylic acids is 2. The second-order valence-corrected chi connectivity index (χ2v) is 12.6. The summed E-state index contributed by atoms with van der Waals surface area (Å²) < 4.78 is 44.2. The highest BCUT2D eigenvalue weighted by Gasteiger charge is 2.80. The number of hydroxylamine groups is 2. The molecule has 39 heavy (non-hydrogen) atoms. The van der Waals surface area contributed by atoms with Crippen molar-refractivity contribution in [2.24, 2.45) is 28.6 Å². The first kappa shape index (κ1) is 26.8. The molecule has 1 N–H and O–H groups in total. The average Bonchev–Trinajstić information content (AvgIpc) is 3.58. The van der Waals surface area contributed by atoms with Gasteiger partial charge in [-0.25, -0.2) is 13.6 Å². The van der Waals surface area contributed by atoms with Crippen molar-refractivity contribution >= 4 is 11.8 Å². The first-order chi connectivity index (χ1) is 18.5. The Morgan fingerprint density at radius 3 is 2.82 bits per heavy atom. The van der Waals surface area contributed by atoms with Gasteiger partial charge in [0.15, 0.2) is 17.1 Å². The molecule has 9 heteroatoms. The van der Waals surface area contributed by atoms with Gasteiger partial charge in [-0.1, -0.05) is 26.3 Å². The van der Waals surface area contributed by atoms with Crippen LogP contribution >= 0.6 is 0 Å². The Morgan fingerprint density at radius 2 is 2.10 bits per heavy atom. The predicted molar refractivity (Wildman–Crippen MR) is 136 cm³/mol. The van der Waals surface area contributed by atoms with Crippen LogP contribution in [0.3, 0.4) is 0 Å². The van der Waals surface area contributed by atoms with Crippen molar-refractivity contribution in [2.45, 2.75) is 83.2 Å². The molecular formula is C30H37F2NO6. The summed E-state index contributed by atoms with van der Waals surface area (Å²) in [5, 5.41) is 13.4. The number of nitrogens with zero attached hydrogens (tertiary/aromatic N) is 1. The Balaban J connectivity index is 1.41. The van der Waals surface area contributed by atoms with Gasteiger partial charge in [-0.15, -0.1) is 0 Å². The number of allylic oxidation sites excluding steroid dienone is 4. The van der Waals surface area contributed by atoms with Crippen LogP contribution in [0.25, 0.3) is 0 Å². The molecule has 2 heterocycles. The van der Waals surface area contributed by atoms with Crippen LogP contribution in [0.1, 0.15) is 64.9 Å². The molecule has 212 valence electrons. The molecule has 2 saturated carbocycles. The molecule has 1 saturated heterocycles. The lowest BCUT2D eigenvalue weighted by molar-refractivity contribution is -0.275. The van der Waals surface area contributed by atoms with Crippen LogP contribution in [-0.4, -0.2) is 52.4 Å². The zero-order valence-electron chi connectivity index (χ0n) is 22.8. The van der Waals surface area contributed by atoms with Crippen molar-refractivity contribution in [3.05, 3.63) is 47.7 Å². The zero-order valence-corrected chi connectivity index (χ0v) is 22.8.